The Labute approximate surface area is 167 Å². The zero-order valence-electron chi connectivity index (χ0n) is 16.2. The molecule has 0 aliphatic carbocycles. The molecule has 1 heterocycles. The van der Waals surface area contributed by atoms with E-state index < -0.39 is 10.0 Å². The van der Waals surface area contributed by atoms with Crippen molar-refractivity contribution in [1.29, 1.82) is 5.26 Å². The Bertz CT molecular complexity index is 944. The minimum absolute atomic E-state index is 0.0420. The number of rotatable bonds is 7. The van der Waals surface area contributed by atoms with Crippen LogP contribution in [0.25, 0.3) is 0 Å². The third-order valence-corrected chi connectivity index (χ3v) is 6.74. The third kappa shape index (κ3) is 4.53. The standard InChI is InChI=1S/C21H25N3O3S/c1-23(2)19-11-9-17(10-12-19)15-24(16-20-7-5-13-27-20)28(25,26)21-8-4-3-6-18(21)14-22/h3-4,6,8-12,20H,5,7,13,15-16H2,1-2H3/t20-/m0/s1. The van der Waals surface area contributed by atoms with Crippen molar-refractivity contribution in [1.82, 2.24) is 4.31 Å². The molecule has 0 unspecified atom stereocenters. The van der Waals surface area contributed by atoms with Gasteiger partial charge in [0.1, 0.15) is 6.07 Å². The number of hydrogen-bond donors (Lipinski definition) is 0. The molecule has 148 valence electrons. The number of nitriles is 1. The zero-order valence-corrected chi connectivity index (χ0v) is 17.0. The van der Waals surface area contributed by atoms with E-state index in [9.17, 15) is 13.7 Å². The van der Waals surface area contributed by atoms with Crippen molar-refractivity contribution >= 4 is 15.7 Å². The molecule has 28 heavy (non-hydrogen) atoms. The summed E-state index contributed by atoms with van der Waals surface area (Å²) in [6.45, 7) is 1.16. The van der Waals surface area contributed by atoms with Crippen molar-refractivity contribution < 1.29 is 13.2 Å². The predicted molar refractivity (Wildman–Crippen MR) is 108 cm³/mol. The molecule has 1 aliphatic heterocycles. The Morgan fingerprint density at radius 2 is 1.86 bits per heavy atom. The van der Waals surface area contributed by atoms with Crippen molar-refractivity contribution in [2.75, 3.05) is 32.1 Å². The number of ether oxygens (including phenoxy) is 1. The molecule has 0 radical (unpaired) electrons. The average Bonchev–Trinajstić information content (AvgIpc) is 3.21. The maximum atomic E-state index is 13.4. The minimum Gasteiger partial charge on any atom is -0.378 e. The van der Waals surface area contributed by atoms with E-state index in [0.717, 1.165) is 24.1 Å². The van der Waals surface area contributed by atoms with Crippen molar-refractivity contribution in [2.24, 2.45) is 0 Å². The Kier molecular flexibility index (Phi) is 6.35. The fraction of sp³-hybridized carbons (Fsp3) is 0.381. The van der Waals surface area contributed by atoms with Crippen molar-refractivity contribution in [3.8, 4) is 6.07 Å². The van der Waals surface area contributed by atoms with Crippen LogP contribution in [-0.4, -0.2) is 46.1 Å². The van der Waals surface area contributed by atoms with Crippen LogP contribution in [0.5, 0.6) is 0 Å². The lowest BCUT2D eigenvalue weighted by atomic mass is 10.2. The highest BCUT2D eigenvalue weighted by Gasteiger charge is 2.30. The monoisotopic (exact) mass is 399 g/mol. The van der Waals surface area contributed by atoms with Gasteiger partial charge in [-0.1, -0.05) is 24.3 Å². The first-order valence-corrected chi connectivity index (χ1v) is 10.7. The summed E-state index contributed by atoms with van der Waals surface area (Å²) in [6.07, 6.45) is 1.65. The Hall–Kier alpha value is -2.40. The topological polar surface area (TPSA) is 73.6 Å². The van der Waals surface area contributed by atoms with E-state index in [1.165, 1.54) is 16.4 Å². The van der Waals surface area contributed by atoms with E-state index >= 15 is 0 Å². The minimum atomic E-state index is -3.84. The lowest BCUT2D eigenvalue weighted by Crippen LogP contribution is -2.37. The van der Waals surface area contributed by atoms with Gasteiger partial charge in [0, 0.05) is 39.5 Å². The molecule has 1 fully saturated rings. The molecule has 0 aromatic heterocycles. The first kappa shape index (κ1) is 20.3. The van der Waals surface area contributed by atoms with Crippen LogP contribution in [0.15, 0.2) is 53.4 Å². The highest BCUT2D eigenvalue weighted by molar-refractivity contribution is 7.89. The van der Waals surface area contributed by atoms with Gasteiger partial charge in [-0.2, -0.15) is 9.57 Å². The van der Waals surface area contributed by atoms with Gasteiger partial charge in [-0.25, -0.2) is 8.42 Å². The number of sulfonamides is 1. The molecule has 1 aliphatic rings. The second kappa shape index (κ2) is 8.74. The molecule has 1 atom stereocenters. The highest BCUT2D eigenvalue weighted by Crippen LogP contribution is 2.25. The molecule has 3 rings (SSSR count). The van der Waals surface area contributed by atoms with Crippen LogP contribution in [0.3, 0.4) is 0 Å². The van der Waals surface area contributed by atoms with Gasteiger partial charge in [0.15, 0.2) is 0 Å². The fourth-order valence-electron chi connectivity index (χ4n) is 3.29. The summed E-state index contributed by atoms with van der Waals surface area (Å²) >= 11 is 0. The maximum absolute atomic E-state index is 13.4. The Balaban J connectivity index is 1.93. The lowest BCUT2D eigenvalue weighted by molar-refractivity contribution is 0.0926. The summed E-state index contributed by atoms with van der Waals surface area (Å²) in [6, 6.07) is 16.1. The molecule has 0 N–H and O–H groups in total. The molecular formula is C21H25N3O3S. The predicted octanol–water partition coefficient (Wildman–Crippen LogP) is 2.99. The quantitative estimate of drug-likeness (QED) is 0.716. The van der Waals surface area contributed by atoms with E-state index in [4.69, 9.17) is 4.74 Å². The molecule has 6 nitrogen and oxygen atoms in total. The molecular weight excluding hydrogens is 374 g/mol. The average molecular weight is 400 g/mol. The molecule has 2 aromatic carbocycles. The molecule has 0 bridgehead atoms. The van der Waals surface area contributed by atoms with Gasteiger partial charge < -0.3 is 9.64 Å². The molecule has 0 spiro atoms. The summed E-state index contributed by atoms with van der Waals surface area (Å²) in [4.78, 5) is 2.04. The smallest absolute Gasteiger partial charge is 0.244 e. The maximum Gasteiger partial charge on any atom is 0.244 e. The summed E-state index contributed by atoms with van der Waals surface area (Å²) in [5.74, 6) is 0. The summed E-state index contributed by atoms with van der Waals surface area (Å²) in [5.41, 5.74) is 2.09. The van der Waals surface area contributed by atoms with E-state index in [-0.39, 0.29) is 29.7 Å². The van der Waals surface area contributed by atoms with Crippen molar-refractivity contribution in [3.05, 3.63) is 59.7 Å². The summed E-state index contributed by atoms with van der Waals surface area (Å²) in [5, 5.41) is 9.36. The van der Waals surface area contributed by atoms with E-state index in [0.29, 0.717) is 6.61 Å². The van der Waals surface area contributed by atoms with Crippen molar-refractivity contribution in [3.63, 3.8) is 0 Å². The second-order valence-corrected chi connectivity index (χ2v) is 9.01. The van der Waals surface area contributed by atoms with Crippen LogP contribution in [0, 0.1) is 11.3 Å². The lowest BCUT2D eigenvalue weighted by Gasteiger charge is -2.25. The van der Waals surface area contributed by atoms with Gasteiger partial charge in [0.2, 0.25) is 10.0 Å². The van der Waals surface area contributed by atoms with Gasteiger partial charge in [-0.05, 0) is 42.7 Å². The molecule has 7 heteroatoms. The van der Waals surface area contributed by atoms with Gasteiger partial charge in [0.25, 0.3) is 0 Å². The van der Waals surface area contributed by atoms with Gasteiger partial charge in [-0.15, -0.1) is 0 Å². The number of benzene rings is 2. The summed E-state index contributed by atoms with van der Waals surface area (Å²) < 4.78 is 33.9. The SMILES string of the molecule is CN(C)c1ccc(CN(C[C@@H]2CCCO2)S(=O)(=O)c2ccccc2C#N)cc1. The highest BCUT2D eigenvalue weighted by atomic mass is 32.2. The van der Waals surface area contributed by atoms with Crippen molar-refractivity contribution in [2.45, 2.75) is 30.4 Å². The first-order chi connectivity index (χ1) is 13.4. The van der Waals surface area contributed by atoms with Crippen LogP contribution >= 0.6 is 0 Å². The number of hydrogen-bond acceptors (Lipinski definition) is 5. The van der Waals surface area contributed by atoms with Gasteiger partial charge >= 0.3 is 0 Å². The first-order valence-electron chi connectivity index (χ1n) is 9.29. The van der Waals surface area contributed by atoms with Gasteiger partial charge in [-0.3, -0.25) is 0 Å². The van der Waals surface area contributed by atoms with E-state index in [1.54, 1.807) is 12.1 Å². The largest absolute Gasteiger partial charge is 0.378 e. The molecule has 0 amide bonds. The Morgan fingerprint density at radius 1 is 1.14 bits per heavy atom. The van der Waals surface area contributed by atoms with Crippen LogP contribution in [0.4, 0.5) is 5.69 Å². The number of anilines is 1. The van der Waals surface area contributed by atoms with Gasteiger partial charge in [0.05, 0.1) is 16.6 Å². The number of nitrogens with zero attached hydrogens (tertiary/aromatic N) is 3. The summed E-state index contributed by atoms with van der Waals surface area (Å²) in [7, 11) is 0.0852. The van der Waals surface area contributed by atoms with E-state index in [1.807, 2.05) is 49.3 Å². The fourth-order valence-corrected chi connectivity index (χ4v) is 4.89. The van der Waals surface area contributed by atoms with Crippen LogP contribution in [0.2, 0.25) is 0 Å². The zero-order chi connectivity index (χ0) is 20.1. The second-order valence-electron chi connectivity index (χ2n) is 7.10. The Morgan fingerprint density at radius 3 is 2.46 bits per heavy atom. The third-order valence-electron chi connectivity index (χ3n) is 4.87. The normalized spacial score (nSPS) is 16.9. The van der Waals surface area contributed by atoms with Crippen LogP contribution in [-0.2, 0) is 21.3 Å². The molecule has 2 aromatic rings. The van der Waals surface area contributed by atoms with Crippen LogP contribution in [0.1, 0.15) is 24.0 Å². The molecule has 0 saturated carbocycles. The van der Waals surface area contributed by atoms with E-state index in [2.05, 4.69) is 0 Å². The van der Waals surface area contributed by atoms with Crippen LogP contribution < -0.4 is 4.90 Å². The molecule has 1 saturated heterocycles.